The van der Waals surface area contributed by atoms with Gasteiger partial charge in [-0.25, -0.2) is 13.8 Å². The van der Waals surface area contributed by atoms with E-state index in [2.05, 4.69) is 10.3 Å². The number of rotatable bonds is 2. The molecule has 1 rings (SSSR count). The first-order chi connectivity index (χ1) is 8.49. The fraction of sp³-hybridized carbons (Fsp3) is 0.111. The number of benzene rings is 1. The van der Waals surface area contributed by atoms with Crippen molar-refractivity contribution in [2.75, 3.05) is 6.26 Å². The molecule has 0 saturated carbocycles. The lowest BCUT2D eigenvalue weighted by atomic mass is 10.2. The Bertz CT molecular complexity index is 556. The second-order valence-corrected chi connectivity index (χ2v) is 3.66. The van der Waals surface area contributed by atoms with Crippen LogP contribution in [0.25, 0.3) is 0 Å². The van der Waals surface area contributed by atoms with E-state index in [1.54, 1.807) is 12.4 Å². The van der Waals surface area contributed by atoms with Gasteiger partial charge in [0, 0.05) is 6.07 Å². The Morgan fingerprint density at radius 3 is 2.67 bits per heavy atom. The van der Waals surface area contributed by atoms with E-state index < -0.39 is 22.2 Å². The van der Waals surface area contributed by atoms with E-state index in [0.717, 1.165) is 11.8 Å². The van der Waals surface area contributed by atoms with Gasteiger partial charge in [0.15, 0.2) is 23.0 Å². The number of hydrogen-bond acceptors (Lipinski definition) is 5. The maximum absolute atomic E-state index is 13.0. The maximum Gasteiger partial charge on any atom is 0.298 e. The van der Waals surface area contributed by atoms with Crippen LogP contribution in [0.4, 0.5) is 20.2 Å². The smallest absolute Gasteiger partial charge is 0.271 e. The van der Waals surface area contributed by atoms with Gasteiger partial charge >= 0.3 is 0 Å². The molecule has 0 spiro atoms. The summed E-state index contributed by atoms with van der Waals surface area (Å²) in [6, 6.07) is 1.04. The predicted molar refractivity (Wildman–Crippen MR) is 62.4 cm³/mol. The fourth-order valence-electron chi connectivity index (χ4n) is 1.04. The Kier molecular flexibility index (Phi) is 4.56. The van der Waals surface area contributed by atoms with Gasteiger partial charge in [0.25, 0.3) is 5.69 Å². The van der Waals surface area contributed by atoms with E-state index in [1.807, 2.05) is 0 Å². The average molecular weight is 272 g/mol. The number of amidine groups is 1. The van der Waals surface area contributed by atoms with Crippen LogP contribution in [0.15, 0.2) is 17.1 Å². The summed E-state index contributed by atoms with van der Waals surface area (Å²) in [6.45, 7) is 0. The van der Waals surface area contributed by atoms with Crippen LogP contribution in [0.5, 0.6) is 0 Å². The summed E-state index contributed by atoms with van der Waals surface area (Å²) >= 11 is 0.997. The highest BCUT2D eigenvalue weighted by atomic mass is 32.2. The molecule has 0 fully saturated rings. The topological polar surface area (TPSA) is 91.3 Å². The van der Waals surface area contributed by atoms with E-state index in [-0.39, 0.29) is 10.9 Å². The van der Waals surface area contributed by atoms with Crippen molar-refractivity contribution in [3.63, 3.8) is 0 Å². The summed E-state index contributed by atoms with van der Waals surface area (Å²) in [5.41, 5.74) is -1.05. The highest BCUT2D eigenvalue weighted by Gasteiger charge is 2.18. The normalized spacial score (nSPS) is 10.9. The van der Waals surface area contributed by atoms with Crippen LogP contribution < -0.4 is 5.32 Å². The molecule has 0 unspecified atom stereocenters. The van der Waals surface area contributed by atoms with Crippen LogP contribution in [0.2, 0.25) is 0 Å². The van der Waals surface area contributed by atoms with Gasteiger partial charge in [0.2, 0.25) is 0 Å². The Hall–Kier alpha value is -2.21. The monoisotopic (exact) mass is 272 g/mol. The summed E-state index contributed by atoms with van der Waals surface area (Å²) in [6.07, 6.45) is 3.14. The van der Waals surface area contributed by atoms with Crippen LogP contribution in [0, 0.1) is 33.2 Å². The first-order valence-electron chi connectivity index (χ1n) is 4.40. The lowest BCUT2D eigenvalue weighted by Crippen LogP contribution is -2.12. The van der Waals surface area contributed by atoms with E-state index >= 15 is 0 Å². The van der Waals surface area contributed by atoms with Crippen LogP contribution in [0.3, 0.4) is 0 Å². The van der Waals surface area contributed by atoms with Crippen molar-refractivity contribution >= 4 is 28.3 Å². The molecular weight excluding hydrogens is 266 g/mol. The molecule has 0 aliphatic rings. The zero-order valence-corrected chi connectivity index (χ0v) is 9.79. The number of nitro benzene ring substituents is 1. The minimum Gasteiger partial charge on any atom is -0.271 e. The molecular formula is C9H6F2N4O2S. The number of nitrogens with zero attached hydrogens (tertiary/aromatic N) is 3. The molecule has 0 aromatic heterocycles. The first-order valence-corrected chi connectivity index (χ1v) is 5.63. The number of hydrogen-bond donors (Lipinski definition) is 1. The van der Waals surface area contributed by atoms with Crippen molar-refractivity contribution in [1.82, 2.24) is 5.32 Å². The summed E-state index contributed by atoms with van der Waals surface area (Å²) in [7, 11) is 0. The highest BCUT2D eigenvalue weighted by Crippen LogP contribution is 2.30. The Labute approximate surface area is 104 Å². The second-order valence-electron chi connectivity index (χ2n) is 2.87. The maximum atomic E-state index is 13.0. The Morgan fingerprint density at radius 1 is 1.56 bits per heavy atom. The number of thioether (sulfide) groups is 1. The number of nitriles is 1. The van der Waals surface area contributed by atoms with Gasteiger partial charge in [-0.1, -0.05) is 11.8 Å². The highest BCUT2D eigenvalue weighted by molar-refractivity contribution is 8.13. The number of nitrogens with one attached hydrogen (secondary N) is 1. The number of nitro groups is 1. The summed E-state index contributed by atoms with van der Waals surface area (Å²) < 4.78 is 25.9. The van der Waals surface area contributed by atoms with E-state index in [0.29, 0.717) is 12.1 Å². The first kappa shape index (κ1) is 13.9. The van der Waals surface area contributed by atoms with Crippen molar-refractivity contribution in [2.45, 2.75) is 0 Å². The van der Waals surface area contributed by atoms with Gasteiger partial charge < -0.3 is 0 Å². The second kappa shape index (κ2) is 5.92. The Balaban J connectivity index is 3.35. The third-order valence-corrected chi connectivity index (χ3v) is 2.37. The van der Waals surface area contributed by atoms with E-state index in [9.17, 15) is 18.9 Å². The van der Waals surface area contributed by atoms with Crippen LogP contribution in [-0.4, -0.2) is 16.3 Å². The third kappa shape index (κ3) is 3.14. The van der Waals surface area contributed by atoms with E-state index in [1.165, 1.54) is 0 Å². The van der Waals surface area contributed by atoms with Crippen molar-refractivity contribution in [3.05, 3.63) is 33.9 Å². The predicted octanol–water partition coefficient (Wildman–Crippen LogP) is 2.29. The largest absolute Gasteiger partial charge is 0.298 e. The SMILES string of the molecule is CSC(=Nc1cc(F)c(F)cc1[N+](=O)[O-])NC#N. The van der Waals surface area contributed by atoms with Gasteiger partial charge in [-0.2, -0.15) is 5.26 Å². The molecule has 0 radical (unpaired) electrons. The molecule has 18 heavy (non-hydrogen) atoms. The molecule has 1 N–H and O–H groups in total. The third-order valence-electron chi connectivity index (χ3n) is 1.79. The molecule has 9 heteroatoms. The zero-order chi connectivity index (χ0) is 13.7. The van der Waals surface area contributed by atoms with Gasteiger partial charge in [-0.05, 0) is 6.26 Å². The fourth-order valence-corrected chi connectivity index (χ4v) is 1.38. The molecule has 1 aromatic rings. The molecule has 0 heterocycles. The molecule has 0 atom stereocenters. The van der Waals surface area contributed by atoms with Crippen molar-refractivity contribution < 1.29 is 13.7 Å². The minimum absolute atomic E-state index is 0.0339. The molecule has 0 aliphatic heterocycles. The van der Waals surface area contributed by atoms with Gasteiger partial charge in [0.1, 0.15) is 5.69 Å². The molecule has 6 nitrogen and oxygen atoms in total. The van der Waals surface area contributed by atoms with Gasteiger partial charge in [-0.3, -0.25) is 15.4 Å². The van der Waals surface area contributed by atoms with Crippen LogP contribution in [-0.2, 0) is 0 Å². The Morgan fingerprint density at radius 2 is 2.17 bits per heavy atom. The molecule has 94 valence electrons. The van der Waals surface area contributed by atoms with Gasteiger partial charge in [-0.15, -0.1) is 0 Å². The van der Waals surface area contributed by atoms with Crippen molar-refractivity contribution in [3.8, 4) is 6.19 Å². The lowest BCUT2D eigenvalue weighted by Gasteiger charge is -2.02. The lowest BCUT2D eigenvalue weighted by molar-refractivity contribution is -0.384. The molecule has 0 saturated heterocycles. The van der Waals surface area contributed by atoms with Crippen LogP contribution >= 0.6 is 11.8 Å². The minimum atomic E-state index is -1.33. The summed E-state index contributed by atoms with van der Waals surface area (Å²) in [4.78, 5) is 13.5. The number of halogens is 2. The quantitative estimate of drug-likeness (QED) is 0.223. The summed E-state index contributed by atoms with van der Waals surface area (Å²) in [5, 5.41) is 21.3. The molecule has 0 aliphatic carbocycles. The summed E-state index contributed by atoms with van der Waals surface area (Å²) in [5.74, 6) is -2.59. The average Bonchev–Trinajstić information content (AvgIpc) is 2.32. The van der Waals surface area contributed by atoms with Gasteiger partial charge in [0.05, 0.1) is 11.0 Å². The van der Waals surface area contributed by atoms with Crippen molar-refractivity contribution in [2.24, 2.45) is 4.99 Å². The van der Waals surface area contributed by atoms with Crippen molar-refractivity contribution in [1.29, 1.82) is 5.26 Å². The van der Waals surface area contributed by atoms with E-state index in [4.69, 9.17) is 5.26 Å². The molecule has 0 amide bonds. The number of aliphatic imine (C=N–C) groups is 1. The zero-order valence-electron chi connectivity index (χ0n) is 8.98. The standard InChI is InChI=1S/C9H6F2N4O2S/c1-18-9(13-4-12)14-7-2-5(10)6(11)3-8(7)15(16)17/h2-3H,1H3,(H,13,14). The molecule has 1 aromatic carbocycles. The van der Waals surface area contributed by atoms with Crippen LogP contribution in [0.1, 0.15) is 0 Å². The molecule has 0 bridgehead atoms.